The van der Waals surface area contributed by atoms with E-state index in [1.54, 1.807) is 7.11 Å². The molecule has 106 valence electrons. The third-order valence-electron chi connectivity index (χ3n) is 4.13. The molecule has 20 heavy (non-hydrogen) atoms. The zero-order valence-corrected chi connectivity index (χ0v) is 11.9. The molecule has 1 aromatic heterocycles. The van der Waals surface area contributed by atoms with Gasteiger partial charge in [-0.25, -0.2) is 0 Å². The summed E-state index contributed by atoms with van der Waals surface area (Å²) in [6.45, 7) is 0. The maximum Gasteiger partial charge on any atom is 0.313 e. The van der Waals surface area contributed by atoms with Crippen molar-refractivity contribution in [3.05, 3.63) is 29.5 Å². The first-order valence-electron chi connectivity index (χ1n) is 7.01. The molecular weight excluding hydrogens is 254 g/mol. The molecule has 0 saturated carbocycles. The molecule has 0 bridgehead atoms. The van der Waals surface area contributed by atoms with Crippen LogP contribution in [0.25, 0.3) is 10.9 Å². The van der Waals surface area contributed by atoms with Gasteiger partial charge in [0.25, 0.3) is 0 Å². The van der Waals surface area contributed by atoms with E-state index >= 15 is 0 Å². The van der Waals surface area contributed by atoms with Crippen LogP contribution < -0.4 is 4.74 Å². The number of aromatic nitrogens is 1. The maximum atomic E-state index is 12.1. The lowest BCUT2D eigenvalue weighted by Crippen LogP contribution is -2.14. The van der Waals surface area contributed by atoms with E-state index in [2.05, 4.69) is 4.98 Å². The predicted molar refractivity (Wildman–Crippen MR) is 77.2 cm³/mol. The number of hydrogen-bond acceptors (Lipinski definition) is 3. The number of esters is 1. The molecule has 1 N–H and O–H groups in total. The molecule has 3 rings (SSSR count). The Hall–Kier alpha value is -1.97. The van der Waals surface area contributed by atoms with Crippen molar-refractivity contribution in [2.45, 2.75) is 31.6 Å². The second-order valence-corrected chi connectivity index (χ2v) is 5.22. The van der Waals surface area contributed by atoms with Gasteiger partial charge >= 0.3 is 5.97 Å². The molecule has 0 radical (unpaired) electrons. The first-order valence-corrected chi connectivity index (χ1v) is 7.01. The second-order valence-electron chi connectivity index (χ2n) is 5.22. The summed E-state index contributed by atoms with van der Waals surface area (Å²) in [6.07, 6.45) is 3.94. The van der Waals surface area contributed by atoms with Gasteiger partial charge in [-0.15, -0.1) is 0 Å². The summed E-state index contributed by atoms with van der Waals surface area (Å²) in [5, 5.41) is 1.03. The number of carbonyl (C=O) groups is 1. The van der Waals surface area contributed by atoms with Crippen molar-refractivity contribution in [2.24, 2.45) is 0 Å². The highest BCUT2D eigenvalue weighted by Crippen LogP contribution is 2.40. The van der Waals surface area contributed by atoms with Gasteiger partial charge in [0, 0.05) is 16.6 Å². The summed E-state index contributed by atoms with van der Waals surface area (Å²) < 4.78 is 10.5. The Morgan fingerprint density at radius 3 is 2.90 bits per heavy atom. The van der Waals surface area contributed by atoms with Crippen LogP contribution in [0, 0.1) is 0 Å². The molecule has 0 aliphatic heterocycles. The normalized spacial score (nSPS) is 18.4. The zero-order chi connectivity index (χ0) is 14.1. The number of aryl methyl sites for hydroxylation is 1. The van der Waals surface area contributed by atoms with E-state index in [-0.39, 0.29) is 11.9 Å². The van der Waals surface area contributed by atoms with Crippen LogP contribution in [0.5, 0.6) is 5.75 Å². The molecule has 2 aromatic rings. The van der Waals surface area contributed by atoms with Gasteiger partial charge in [0.05, 0.1) is 20.1 Å². The molecule has 0 amide bonds. The number of ether oxygens (including phenoxy) is 2. The van der Waals surface area contributed by atoms with Crippen molar-refractivity contribution < 1.29 is 14.3 Å². The van der Waals surface area contributed by atoms with Crippen LogP contribution >= 0.6 is 0 Å². The van der Waals surface area contributed by atoms with Crippen molar-refractivity contribution in [3.8, 4) is 5.75 Å². The number of benzene rings is 1. The van der Waals surface area contributed by atoms with Crippen LogP contribution in [0.4, 0.5) is 0 Å². The average Bonchev–Trinajstić information content (AvgIpc) is 2.72. The van der Waals surface area contributed by atoms with Crippen molar-refractivity contribution in [1.29, 1.82) is 0 Å². The largest absolute Gasteiger partial charge is 0.496 e. The molecule has 0 fully saturated rings. The predicted octanol–water partition coefficient (Wildman–Crippen LogP) is 3.16. The summed E-state index contributed by atoms with van der Waals surface area (Å²) >= 11 is 0. The number of aromatic amines is 1. The van der Waals surface area contributed by atoms with Crippen LogP contribution in [-0.4, -0.2) is 25.2 Å². The number of methoxy groups -OCH3 is 2. The fourth-order valence-electron chi connectivity index (χ4n) is 3.22. The van der Waals surface area contributed by atoms with Crippen molar-refractivity contribution in [3.63, 3.8) is 0 Å². The highest BCUT2D eigenvalue weighted by molar-refractivity contribution is 5.95. The van der Waals surface area contributed by atoms with Gasteiger partial charge in [-0.05, 0) is 37.0 Å². The van der Waals surface area contributed by atoms with Crippen molar-refractivity contribution in [1.82, 2.24) is 4.98 Å². The Morgan fingerprint density at radius 1 is 1.30 bits per heavy atom. The fourth-order valence-corrected chi connectivity index (χ4v) is 3.22. The highest BCUT2D eigenvalue weighted by atomic mass is 16.5. The maximum absolute atomic E-state index is 12.1. The minimum absolute atomic E-state index is 0.153. The summed E-state index contributed by atoms with van der Waals surface area (Å²) in [7, 11) is 3.12. The molecule has 0 spiro atoms. The van der Waals surface area contributed by atoms with Gasteiger partial charge in [-0.1, -0.05) is 12.5 Å². The van der Waals surface area contributed by atoms with E-state index < -0.39 is 0 Å². The van der Waals surface area contributed by atoms with Crippen LogP contribution in [0.2, 0.25) is 0 Å². The van der Waals surface area contributed by atoms with E-state index in [9.17, 15) is 4.79 Å². The molecule has 1 atom stereocenters. The lowest BCUT2D eigenvalue weighted by molar-refractivity contribution is -0.142. The molecule has 4 nitrogen and oxygen atoms in total. The Kier molecular flexibility index (Phi) is 3.38. The van der Waals surface area contributed by atoms with Crippen LogP contribution in [0.1, 0.15) is 36.4 Å². The number of nitrogens with one attached hydrogen (secondary N) is 1. The lowest BCUT2D eigenvalue weighted by Gasteiger charge is -2.14. The lowest BCUT2D eigenvalue weighted by atomic mass is 9.93. The smallest absolute Gasteiger partial charge is 0.313 e. The minimum atomic E-state index is -0.192. The Labute approximate surface area is 118 Å². The first-order chi connectivity index (χ1) is 9.76. The highest BCUT2D eigenvalue weighted by Gasteiger charge is 2.30. The minimum Gasteiger partial charge on any atom is -0.496 e. The third kappa shape index (κ3) is 1.96. The first kappa shape index (κ1) is 13.0. The van der Waals surface area contributed by atoms with Crippen molar-refractivity contribution in [2.75, 3.05) is 14.2 Å². The molecule has 1 aliphatic rings. The molecular formula is C16H19NO3. The number of hydrogen-bond donors (Lipinski definition) is 1. The van der Waals surface area contributed by atoms with Crippen LogP contribution in [0.15, 0.2) is 18.2 Å². The molecule has 4 heteroatoms. The quantitative estimate of drug-likeness (QED) is 0.675. The molecule has 0 saturated heterocycles. The number of fused-ring (bicyclic) bond motifs is 3. The van der Waals surface area contributed by atoms with Gasteiger partial charge in [-0.2, -0.15) is 0 Å². The van der Waals surface area contributed by atoms with E-state index in [4.69, 9.17) is 9.47 Å². The standard InChI is InChI=1S/C16H19NO3/c1-19-13-9-5-8-12-15(13)14-10(16(18)20-2)6-3-4-7-11(14)17-12/h5,8-10,17H,3-4,6-7H2,1-2H3. The van der Waals surface area contributed by atoms with Crippen LogP contribution in [0.3, 0.4) is 0 Å². The van der Waals surface area contributed by atoms with Gasteiger partial charge in [0.15, 0.2) is 0 Å². The Balaban J connectivity index is 2.26. The Morgan fingerprint density at radius 2 is 2.15 bits per heavy atom. The van der Waals surface area contributed by atoms with E-state index in [1.165, 1.54) is 7.11 Å². The van der Waals surface area contributed by atoms with Crippen molar-refractivity contribution >= 4 is 16.9 Å². The van der Waals surface area contributed by atoms with E-state index in [0.29, 0.717) is 0 Å². The van der Waals surface area contributed by atoms with Gasteiger partial charge in [0.1, 0.15) is 5.75 Å². The molecule has 1 unspecified atom stereocenters. The zero-order valence-electron chi connectivity index (χ0n) is 11.9. The van der Waals surface area contributed by atoms with Gasteiger partial charge in [-0.3, -0.25) is 4.79 Å². The van der Waals surface area contributed by atoms with Crippen LogP contribution in [-0.2, 0) is 16.0 Å². The third-order valence-corrected chi connectivity index (χ3v) is 4.13. The summed E-state index contributed by atoms with van der Waals surface area (Å²) in [6, 6.07) is 5.93. The summed E-state index contributed by atoms with van der Waals surface area (Å²) in [5.41, 5.74) is 3.25. The molecule has 1 heterocycles. The SMILES string of the molecule is COC(=O)C1CCCCc2[nH]c3cccc(OC)c3c21. The topological polar surface area (TPSA) is 51.3 Å². The average molecular weight is 273 g/mol. The number of carbonyl (C=O) groups excluding carboxylic acids is 1. The monoisotopic (exact) mass is 273 g/mol. The molecule has 1 aromatic carbocycles. The summed E-state index contributed by atoms with van der Waals surface area (Å²) in [4.78, 5) is 15.6. The number of H-pyrrole nitrogens is 1. The van der Waals surface area contributed by atoms with E-state index in [1.807, 2.05) is 18.2 Å². The second kappa shape index (κ2) is 5.19. The molecule has 1 aliphatic carbocycles. The van der Waals surface area contributed by atoms with E-state index in [0.717, 1.165) is 53.6 Å². The Bertz CT molecular complexity index is 644. The fraction of sp³-hybridized carbons (Fsp3) is 0.438. The summed E-state index contributed by atoms with van der Waals surface area (Å²) in [5.74, 6) is 0.471. The van der Waals surface area contributed by atoms with Gasteiger partial charge < -0.3 is 14.5 Å². The number of rotatable bonds is 2. The van der Waals surface area contributed by atoms with Gasteiger partial charge in [0.2, 0.25) is 0 Å².